The van der Waals surface area contributed by atoms with Crippen molar-refractivity contribution in [2.75, 3.05) is 0 Å². The molecule has 0 saturated heterocycles. The molecule has 0 unspecified atom stereocenters. The first-order valence-electron chi connectivity index (χ1n) is 15.4. The first kappa shape index (κ1) is 26.2. The number of hydrogen-bond donors (Lipinski definition) is 0. The van der Waals surface area contributed by atoms with Crippen LogP contribution >= 0.6 is 0 Å². The maximum Gasteiger partial charge on any atom is 0.235 e. The number of fused-ring (bicyclic) bond motifs is 5. The summed E-state index contributed by atoms with van der Waals surface area (Å²) in [6.07, 6.45) is 0. The molecule has 0 fully saturated rings. The van der Waals surface area contributed by atoms with Gasteiger partial charge in [-0.3, -0.25) is 4.57 Å². The fourth-order valence-corrected chi connectivity index (χ4v) is 6.55. The highest BCUT2D eigenvalue weighted by Crippen LogP contribution is 2.46. The van der Waals surface area contributed by atoms with Gasteiger partial charge in [-0.25, -0.2) is 9.97 Å². The Hall–Kier alpha value is -6.26. The van der Waals surface area contributed by atoms with Gasteiger partial charge in [0.1, 0.15) is 11.3 Å². The van der Waals surface area contributed by atoms with Crippen molar-refractivity contribution in [3.8, 4) is 50.9 Å². The van der Waals surface area contributed by atoms with Gasteiger partial charge in [-0.1, -0.05) is 140 Å². The van der Waals surface area contributed by atoms with E-state index in [0.717, 1.165) is 77.7 Å². The molecule has 0 bridgehead atoms. The van der Waals surface area contributed by atoms with Crippen molar-refractivity contribution in [1.29, 1.82) is 0 Å². The molecular formula is C42H27N3O. The van der Waals surface area contributed by atoms with E-state index in [1.54, 1.807) is 0 Å². The SMILES string of the molecule is c1ccc(-c2cc(-c3ccccc3)nc(-n3c4ccccc4c4c5oc(-c6ccccc6)c(-c6ccccc6)c5ccc43)n2)cc1. The molecule has 0 aliphatic heterocycles. The van der Waals surface area contributed by atoms with E-state index in [1.807, 2.05) is 48.5 Å². The highest BCUT2D eigenvalue weighted by molar-refractivity contribution is 6.22. The normalized spacial score (nSPS) is 11.5. The molecule has 4 nitrogen and oxygen atoms in total. The van der Waals surface area contributed by atoms with Gasteiger partial charge in [0.05, 0.1) is 27.8 Å². The Morgan fingerprint density at radius 2 is 0.957 bits per heavy atom. The lowest BCUT2D eigenvalue weighted by Crippen LogP contribution is -2.03. The number of benzene rings is 6. The molecule has 0 saturated carbocycles. The number of hydrogen-bond acceptors (Lipinski definition) is 3. The molecule has 0 spiro atoms. The molecule has 216 valence electrons. The zero-order valence-corrected chi connectivity index (χ0v) is 24.8. The van der Waals surface area contributed by atoms with Crippen LogP contribution in [-0.4, -0.2) is 14.5 Å². The van der Waals surface area contributed by atoms with Crippen LogP contribution < -0.4 is 0 Å². The third kappa shape index (κ3) is 4.23. The van der Waals surface area contributed by atoms with Crippen molar-refractivity contribution in [1.82, 2.24) is 14.5 Å². The van der Waals surface area contributed by atoms with E-state index in [-0.39, 0.29) is 0 Å². The minimum Gasteiger partial charge on any atom is -0.455 e. The van der Waals surface area contributed by atoms with Crippen molar-refractivity contribution in [3.05, 3.63) is 164 Å². The van der Waals surface area contributed by atoms with Gasteiger partial charge in [0.15, 0.2) is 0 Å². The molecule has 4 heteroatoms. The standard InChI is InChI=1S/C42H27N3O/c1-5-15-28(16-6-1)34-27-35(29-17-7-2-8-18-29)44-42(43-34)45-36-24-14-13-23-32(36)39-37(45)26-25-33-38(30-19-9-3-10-20-30)40(46-41(33)39)31-21-11-4-12-22-31/h1-27H. The van der Waals surface area contributed by atoms with Gasteiger partial charge in [-0.2, -0.15) is 0 Å². The third-order valence-corrected chi connectivity index (χ3v) is 8.64. The van der Waals surface area contributed by atoms with Crippen molar-refractivity contribution in [2.24, 2.45) is 0 Å². The van der Waals surface area contributed by atoms with E-state index >= 15 is 0 Å². The maximum atomic E-state index is 6.94. The summed E-state index contributed by atoms with van der Waals surface area (Å²) in [5.41, 5.74) is 9.94. The molecule has 0 atom stereocenters. The van der Waals surface area contributed by atoms with Gasteiger partial charge in [-0.15, -0.1) is 0 Å². The van der Waals surface area contributed by atoms with Crippen molar-refractivity contribution in [2.45, 2.75) is 0 Å². The molecule has 3 heterocycles. The Morgan fingerprint density at radius 3 is 1.57 bits per heavy atom. The summed E-state index contributed by atoms with van der Waals surface area (Å²) in [4.78, 5) is 10.4. The van der Waals surface area contributed by atoms with Crippen LogP contribution in [0.4, 0.5) is 0 Å². The van der Waals surface area contributed by atoms with Gasteiger partial charge in [-0.05, 0) is 29.8 Å². The zero-order valence-electron chi connectivity index (χ0n) is 24.8. The summed E-state index contributed by atoms with van der Waals surface area (Å²) in [5.74, 6) is 1.48. The van der Waals surface area contributed by atoms with E-state index in [4.69, 9.17) is 14.4 Å². The first-order valence-corrected chi connectivity index (χ1v) is 15.4. The van der Waals surface area contributed by atoms with Gasteiger partial charge >= 0.3 is 0 Å². The summed E-state index contributed by atoms with van der Waals surface area (Å²) in [6, 6.07) is 56.4. The van der Waals surface area contributed by atoms with Gasteiger partial charge < -0.3 is 4.42 Å². The second kappa shape index (κ2) is 10.7. The van der Waals surface area contributed by atoms with E-state index in [1.165, 1.54) is 0 Å². The molecule has 3 aromatic heterocycles. The second-order valence-corrected chi connectivity index (χ2v) is 11.4. The van der Waals surface area contributed by atoms with Crippen molar-refractivity contribution >= 4 is 32.8 Å². The Labute approximate surface area is 265 Å². The quantitative estimate of drug-likeness (QED) is 0.201. The number of rotatable bonds is 5. The average molecular weight is 590 g/mol. The van der Waals surface area contributed by atoms with Crippen LogP contribution in [0.5, 0.6) is 0 Å². The predicted molar refractivity (Wildman–Crippen MR) is 188 cm³/mol. The van der Waals surface area contributed by atoms with Gasteiger partial charge in [0.25, 0.3) is 0 Å². The lowest BCUT2D eigenvalue weighted by atomic mass is 9.98. The Kier molecular flexibility index (Phi) is 6.10. The fourth-order valence-electron chi connectivity index (χ4n) is 6.55. The highest BCUT2D eigenvalue weighted by Gasteiger charge is 2.24. The minimum atomic E-state index is 0.615. The maximum absolute atomic E-state index is 6.94. The summed E-state index contributed by atoms with van der Waals surface area (Å²) >= 11 is 0. The molecule has 0 amide bonds. The van der Waals surface area contributed by atoms with Crippen LogP contribution in [0.3, 0.4) is 0 Å². The molecule has 0 N–H and O–H groups in total. The van der Waals surface area contributed by atoms with Crippen LogP contribution in [0.25, 0.3) is 83.7 Å². The van der Waals surface area contributed by atoms with Crippen molar-refractivity contribution < 1.29 is 4.42 Å². The van der Waals surface area contributed by atoms with Crippen LogP contribution in [0, 0.1) is 0 Å². The van der Waals surface area contributed by atoms with E-state index in [9.17, 15) is 0 Å². The number of nitrogens with zero attached hydrogens (tertiary/aromatic N) is 3. The first-order chi connectivity index (χ1) is 22.8. The highest BCUT2D eigenvalue weighted by atomic mass is 16.3. The van der Waals surface area contributed by atoms with Crippen molar-refractivity contribution in [3.63, 3.8) is 0 Å². The average Bonchev–Trinajstić information content (AvgIpc) is 3.69. The van der Waals surface area contributed by atoms with Crippen LogP contribution in [0.1, 0.15) is 0 Å². The Balaban J connectivity index is 1.38. The van der Waals surface area contributed by atoms with Gasteiger partial charge in [0, 0.05) is 33.0 Å². The Bertz CT molecular complexity index is 2440. The lowest BCUT2D eigenvalue weighted by Gasteiger charge is -2.11. The largest absolute Gasteiger partial charge is 0.455 e. The summed E-state index contributed by atoms with van der Waals surface area (Å²) in [6.45, 7) is 0. The second-order valence-electron chi connectivity index (χ2n) is 11.4. The number of furan rings is 1. The summed E-state index contributed by atoms with van der Waals surface area (Å²) in [5, 5.41) is 3.21. The third-order valence-electron chi connectivity index (χ3n) is 8.64. The minimum absolute atomic E-state index is 0.615. The lowest BCUT2D eigenvalue weighted by molar-refractivity contribution is 0.636. The van der Waals surface area contributed by atoms with Crippen LogP contribution in [-0.2, 0) is 0 Å². The molecule has 6 aromatic carbocycles. The summed E-state index contributed by atoms with van der Waals surface area (Å²) in [7, 11) is 0. The Morgan fingerprint density at radius 1 is 0.435 bits per heavy atom. The number of para-hydroxylation sites is 1. The van der Waals surface area contributed by atoms with E-state index < -0.39 is 0 Å². The molecule has 0 aliphatic rings. The molecule has 9 rings (SSSR count). The molecule has 0 radical (unpaired) electrons. The van der Waals surface area contributed by atoms with Crippen LogP contribution in [0.15, 0.2) is 168 Å². The smallest absolute Gasteiger partial charge is 0.235 e. The predicted octanol–water partition coefficient (Wildman–Crippen LogP) is 11.0. The fraction of sp³-hybridized carbons (Fsp3) is 0. The van der Waals surface area contributed by atoms with E-state index in [0.29, 0.717) is 5.95 Å². The summed E-state index contributed by atoms with van der Waals surface area (Å²) < 4.78 is 9.12. The molecule has 0 aliphatic carbocycles. The topological polar surface area (TPSA) is 43.9 Å². The molecule has 9 aromatic rings. The number of aromatic nitrogens is 3. The molecular weight excluding hydrogens is 562 g/mol. The molecule has 46 heavy (non-hydrogen) atoms. The van der Waals surface area contributed by atoms with Crippen LogP contribution in [0.2, 0.25) is 0 Å². The van der Waals surface area contributed by atoms with E-state index in [2.05, 4.69) is 120 Å². The van der Waals surface area contributed by atoms with Gasteiger partial charge in [0.2, 0.25) is 5.95 Å². The monoisotopic (exact) mass is 589 g/mol. The zero-order chi connectivity index (χ0) is 30.5.